The molecule has 1 aromatic rings. The highest BCUT2D eigenvalue weighted by atomic mass is 35.5. The molecule has 0 aromatic heterocycles. The van der Waals surface area contributed by atoms with Crippen LogP contribution >= 0.6 is 23.4 Å². The zero-order valence-electron chi connectivity index (χ0n) is 9.46. The number of nitrogens with one attached hydrogen (secondary N) is 1. The lowest BCUT2D eigenvalue weighted by molar-refractivity contribution is 0.0997. The number of anilines is 2. The first-order valence-electron chi connectivity index (χ1n) is 4.95. The van der Waals surface area contributed by atoms with Gasteiger partial charge in [0.25, 0.3) is 0 Å². The zero-order valence-corrected chi connectivity index (χ0v) is 11.0. The van der Waals surface area contributed by atoms with Gasteiger partial charge in [0.1, 0.15) is 0 Å². The van der Waals surface area contributed by atoms with Gasteiger partial charge in [-0.05, 0) is 31.4 Å². The van der Waals surface area contributed by atoms with Gasteiger partial charge >= 0.3 is 0 Å². The molecule has 1 atom stereocenters. The van der Waals surface area contributed by atoms with E-state index in [2.05, 4.69) is 5.32 Å². The fraction of sp³-hybridized carbons (Fsp3) is 0.455. The lowest BCUT2D eigenvalue weighted by Crippen LogP contribution is -2.36. The standard InChI is InChI=1S/C11H17ClN2OS/c1-11(15,7-16-2)6-14-10-5-8(12)3-4-9(10)13/h3-5,14-15H,6-7,13H2,1-2H3. The maximum Gasteiger partial charge on any atom is 0.0881 e. The van der Waals surface area contributed by atoms with Crippen molar-refractivity contribution < 1.29 is 5.11 Å². The molecule has 1 unspecified atom stereocenters. The highest BCUT2D eigenvalue weighted by molar-refractivity contribution is 7.98. The van der Waals surface area contributed by atoms with Gasteiger partial charge in [-0.3, -0.25) is 0 Å². The summed E-state index contributed by atoms with van der Waals surface area (Å²) in [5, 5.41) is 13.7. The van der Waals surface area contributed by atoms with Crippen LogP contribution < -0.4 is 11.1 Å². The molecule has 0 fully saturated rings. The van der Waals surface area contributed by atoms with E-state index in [-0.39, 0.29) is 0 Å². The first-order chi connectivity index (χ1) is 7.44. The summed E-state index contributed by atoms with van der Waals surface area (Å²) in [6, 6.07) is 5.24. The molecule has 0 saturated heterocycles. The second-order valence-corrected chi connectivity index (χ2v) is 5.32. The van der Waals surface area contributed by atoms with Gasteiger partial charge in [0.2, 0.25) is 0 Å². The van der Waals surface area contributed by atoms with Gasteiger partial charge in [0.15, 0.2) is 0 Å². The Balaban J connectivity index is 2.63. The summed E-state index contributed by atoms with van der Waals surface area (Å²) in [5.74, 6) is 0.667. The summed E-state index contributed by atoms with van der Waals surface area (Å²) in [6.45, 7) is 2.23. The highest BCUT2D eigenvalue weighted by Gasteiger charge is 2.19. The Morgan fingerprint density at radius 2 is 2.25 bits per heavy atom. The van der Waals surface area contributed by atoms with Crippen molar-refractivity contribution in [1.29, 1.82) is 0 Å². The van der Waals surface area contributed by atoms with Crippen LogP contribution in [0.3, 0.4) is 0 Å². The monoisotopic (exact) mass is 260 g/mol. The van der Waals surface area contributed by atoms with Crippen LogP contribution in [0, 0.1) is 0 Å². The van der Waals surface area contributed by atoms with Crippen LogP contribution in [0.15, 0.2) is 18.2 Å². The molecule has 1 rings (SSSR count). The van der Waals surface area contributed by atoms with Crippen molar-refractivity contribution in [3.63, 3.8) is 0 Å². The average molecular weight is 261 g/mol. The van der Waals surface area contributed by atoms with E-state index < -0.39 is 5.60 Å². The summed E-state index contributed by atoms with van der Waals surface area (Å²) in [7, 11) is 0. The third-order valence-electron chi connectivity index (χ3n) is 2.13. The lowest BCUT2D eigenvalue weighted by Gasteiger charge is -2.23. The Hall–Kier alpha value is -0.580. The van der Waals surface area contributed by atoms with Crippen LogP contribution in [0.5, 0.6) is 0 Å². The number of hydrogen-bond donors (Lipinski definition) is 3. The van der Waals surface area contributed by atoms with Crippen LogP contribution in [-0.4, -0.2) is 29.3 Å². The van der Waals surface area contributed by atoms with Crippen molar-refractivity contribution in [2.45, 2.75) is 12.5 Å². The van der Waals surface area contributed by atoms with Crippen molar-refractivity contribution in [3.05, 3.63) is 23.2 Å². The van der Waals surface area contributed by atoms with Crippen molar-refractivity contribution in [3.8, 4) is 0 Å². The first-order valence-corrected chi connectivity index (χ1v) is 6.72. The fourth-order valence-electron chi connectivity index (χ4n) is 1.33. The number of thioether (sulfide) groups is 1. The number of hydrogen-bond acceptors (Lipinski definition) is 4. The quantitative estimate of drug-likeness (QED) is 0.712. The maximum atomic E-state index is 9.98. The van der Waals surface area contributed by atoms with E-state index in [0.717, 1.165) is 5.69 Å². The molecule has 5 heteroatoms. The molecule has 3 nitrogen and oxygen atoms in total. The number of rotatable bonds is 5. The predicted molar refractivity (Wildman–Crippen MR) is 73.4 cm³/mol. The summed E-state index contributed by atoms with van der Waals surface area (Å²) in [5.41, 5.74) is 6.42. The third-order valence-corrected chi connectivity index (χ3v) is 3.28. The average Bonchev–Trinajstić information content (AvgIpc) is 2.19. The van der Waals surface area contributed by atoms with E-state index in [1.54, 1.807) is 36.9 Å². The van der Waals surface area contributed by atoms with Gasteiger partial charge in [0, 0.05) is 17.3 Å². The molecule has 0 spiro atoms. The van der Waals surface area contributed by atoms with Gasteiger partial charge in [-0.2, -0.15) is 11.8 Å². The Bertz CT molecular complexity index is 358. The normalized spacial score (nSPS) is 14.5. The van der Waals surface area contributed by atoms with Crippen LogP contribution in [-0.2, 0) is 0 Å². The number of aliphatic hydroxyl groups is 1. The fourth-order valence-corrected chi connectivity index (χ4v) is 2.23. The molecule has 1 aromatic carbocycles. The molecule has 4 N–H and O–H groups in total. The van der Waals surface area contributed by atoms with Crippen molar-refractivity contribution >= 4 is 34.7 Å². The van der Waals surface area contributed by atoms with Crippen molar-refractivity contribution in [2.24, 2.45) is 0 Å². The largest absolute Gasteiger partial charge is 0.397 e. The van der Waals surface area contributed by atoms with E-state index in [1.807, 2.05) is 6.26 Å². The smallest absolute Gasteiger partial charge is 0.0881 e. The van der Waals surface area contributed by atoms with Crippen LogP contribution in [0.25, 0.3) is 0 Å². The molecule has 16 heavy (non-hydrogen) atoms. The van der Waals surface area contributed by atoms with E-state index >= 15 is 0 Å². The molecule has 0 saturated carbocycles. The van der Waals surface area contributed by atoms with Crippen molar-refractivity contribution in [1.82, 2.24) is 0 Å². The van der Waals surface area contributed by atoms with E-state index in [1.165, 1.54) is 0 Å². The SMILES string of the molecule is CSCC(C)(O)CNc1cc(Cl)ccc1N. The van der Waals surface area contributed by atoms with Gasteiger partial charge in [-0.15, -0.1) is 0 Å². The summed E-state index contributed by atoms with van der Waals surface area (Å²) < 4.78 is 0. The molecule has 0 bridgehead atoms. The molecule has 0 radical (unpaired) electrons. The molecule has 90 valence electrons. The minimum absolute atomic E-state index is 0.443. The molecule has 0 aliphatic heterocycles. The van der Waals surface area contributed by atoms with Crippen LogP contribution in [0.2, 0.25) is 5.02 Å². The van der Waals surface area contributed by atoms with Crippen molar-refractivity contribution in [2.75, 3.05) is 29.6 Å². The Morgan fingerprint density at radius 3 is 2.88 bits per heavy atom. The predicted octanol–water partition coefficient (Wildman–Crippen LogP) is 2.45. The van der Waals surface area contributed by atoms with E-state index in [4.69, 9.17) is 17.3 Å². The van der Waals surface area contributed by atoms with E-state index in [9.17, 15) is 5.11 Å². The molecule has 0 aliphatic carbocycles. The van der Waals surface area contributed by atoms with Gasteiger partial charge in [-0.25, -0.2) is 0 Å². The van der Waals surface area contributed by atoms with Crippen LogP contribution in [0.4, 0.5) is 11.4 Å². The molecule has 0 amide bonds. The second-order valence-electron chi connectivity index (χ2n) is 4.02. The number of benzene rings is 1. The molecule has 0 heterocycles. The minimum Gasteiger partial charge on any atom is -0.397 e. The topological polar surface area (TPSA) is 58.3 Å². The van der Waals surface area contributed by atoms with E-state index in [0.29, 0.717) is 23.0 Å². The lowest BCUT2D eigenvalue weighted by atomic mass is 10.1. The maximum absolute atomic E-state index is 9.98. The zero-order chi connectivity index (χ0) is 12.2. The minimum atomic E-state index is -0.756. The molecule has 0 aliphatic rings. The summed E-state index contributed by atoms with van der Waals surface area (Å²) >= 11 is 7.47. The Morgan fingerprint density at radius 1 is 1.56 bits per heavy atom. The Kier molecular flexibility index (Phi) is 4.77. The Labute approximate surface area is 105 Å². The number of halogens is 1. The summed E-state index contributed by atoms with van der Waals surface area (Å²) in [6.07, 6.45) is 1.96. The number of nitrogen functional groups attached to an aromatic ring is 1. The summed E-state index contributed by atoms with van der Waals surface area (Å²) in [4.78, 5) is 0. The molecular weight excluding hydrogens is 244 g/mol. The third kappa shape index (κ3) is 4.12. The van der Waals surface area contributed by atoms with Gasteiger partial charge in [0.05, 0.1) is 17.0 Å². The highest BCUT2D eigenvalue weighted by Crippen LogP contribution is 2.23. The molecular formula is C11H17ClN2OS. The number of nitrogens with two attached hydrogens (primary N) is 1. The van der Waals surface area contributed by atoms with Gasteiger partial charge < -0.3 is 16.2 Å². The first kappa shape index (κ1) is 13.5. The second kappa shape index (κ2) is 5.66. The van der Waals surface area contributed by atoms with Gasteiger partial charge in [-0.1, -0.05) is 11.6 Å². The van der Waals surface area contributed by atoms with Crippen LogP contribution in [0.1, 0.15) is 6.92 Å².